The van der Waals surface area contributed by atoms with E-state index < -0.39 is 20.2 Å². The van der Waals surface area contributed by atoms with Crippen LogP contribution in [0.3, 0.4) is 0 Å². The van der Waals surface area contributed by atoms with E-state index in [9.17, 15) is 36.2 Å². The summed E-state index contributed by atoms with van der Waals surface area (Å²) < 4.78 is 82.0. The summed E-state index contributed by atoms with van der Waals surface area (Å²) in [7, 11) is -7.81. The van der Waals surface area contributed by atoms with Crippen LogP contribution in [0.4, 0.5) is 11.4 Å². The number of hydrogen-bond acceptors (Lipinski definition) is 9. The molecule has 0 atom stereocenters. The van der Waals surface area contributed by atoms with Gasteiger partial charge in [0.15, 0.2) is 13.1 Å². The molecule has 0 unspecified atom stereocenters. The SMILES string of the molecule is COc1ccc(S(=O)(=O)O)c(Nc2ccc3c(-c4ccccc4S(=O)(=O)O)c4ccc(=[N+](CCO)CCO)cc-4oc3c2)c1.[Na+]. The molecular weight excluding hydrogens is 635 g/mol. The number of aliphatic hydroxyl groups excluding tert-OH is 2. The smallest absolute Gasteiger partial charge is 0.497 e. The van der Waals surface area contributed by atoms with Gasteiger partial charge in [0.1, 0.15) is 40.1 Å². The number of fused-ring (bicyclic) bond motifs is 2. The number of aliphatic hydroxyl groups is 2. The summed E-state index contributed by atoms with van der Waals surface area (Å²) in [5.41, 5.74) is 1.86. The van der Waals surface area contributed by atoms with E-state index in [1.807, 2.05) is 0 Å². The molecule has 0 saturated carbocycles. The van der Waals surface area contributed by atoms with Gasteiger partial charge in [-0.25, -0.2) is 4.58 Å². The monoisotopic (exact) mass is 664 g/mol. The van der Waals surface area contributed by atoms with Gasteiger partial charge in [0.05, 0.1) is 18.9 Å². The van der Waals surface area contributed by atoms with Crippen LogP contribution in [-0.2, 0) is 20.2 Å². The van der Waals surface area contributed by atoms with Gasteiger partial charge in [-0.3, -0.25) is 9.11 Å². The van der Waals surface area contributed by atoms with E-state index in [1.165, 1.54) is 37.4 Å². The fourth-order valence-electron chi connectivity index (χ4n) is 5.07. The number of anilines is 2. The Hall–Kier alpha value is -3.31. The van der Waals surface area contributed by atoms with Gasteiger partial charge in [-0.05, 0) is 36.4 Å². The van der Waals surface area contributed by atoms with Crippen molar-refractivity contribution in [3.8, 4) is 28.2 Å². The summed E-state index contributed by atoms with van der Waals surface area (Å²) in [5, 5.41) is 23.2. The molecule has 2 aliphatic rings. The molecule has 0 fully saturated rings. The molecule has 0 spiro atoms. The summed E-state index contributed by atoms with van der Waals surface area (Å²) in [6.07, 6.45) is 0. The molecule has 0 saturated heterocycles. The van der Waals surface area contributed by atoms with Gasteiger partial charge < -0.3 is 24.7 Å². The van der Waals surface area contributed by atoms with Crippen LogP contribution in [0.1, 0.15) is 0 Å². The number of benzene rings is 4. The number of rotatable bonds is 10. The maximum atomic E-state index is 12.4. The Bertz CT molecular complexity index is 2120. The maximum absolute atomic E-state index is 12.4. The van der Waals surface area contributed by atoms with Crippen LogP contribution >= 0.6 is 0 Å². The second-order valence-corrected chi connectivity index (χ2v) is 12.5. The number of nitrogens with one attached hydrogen (secondary N) is 1. The number of methoxy groups -OCH3 is 1. The third-order valence-corrected chi connectivity index (χ3v) is 8.81. The fraction of sp³-hybridized carbons (Fsp3) is 0.167. The largest absolute Gasteiger partial charge is 1.00 e. The predicted molar refractivity (Wildman–Crippen MR) is 163 cm³/mol. The molecular formula is C30H29N2NaO10S2+2. The van der Waals surface area contributed by atoms with Crippen LogP contribution < -0.4 is 49.5 Å². The third-order valence-electron chi connectivity index (χ3n) is 6.99. The zero-order valence-corrected chi connectivity index (χ0v) is 28.0. The second-order valence-electron chi connectivity index (χ2n) is 9.74. The summed E-state index contributed by atoms with van der Waals surface area (Å²) >= 11 is 0. The minimum Gasteiger partial charge on any atom is -0.497 e. The standard InChI is InChI=1S/C30H28N2O10S2.Na/c1-41-21-8-11-29(44(38,39)40)25(18-21)31-19-6-9-22-26(16-19)42-27-17-20(32(12-14-33)13-15-34)7-10-23(27)30(22)24-4-2-3-5-28(24)43(35,36)37;/h2-11,16-18,33-34H,12-15H2,1H3,(H2,35,36,37,38,39,40);/q;+1/p+1. The van der Waals surface area contributed by atoms with Crippen molar-refractivity contribution >= 4 is 42.6 Å². The van der Waals surface area contributed by atoms with Crippen molar-refractivity contribution in [1.82, 2.24) is 4.58 Å². The van der Waals surface area contributed by atoms with Gasteiger partial charge in [0, 0.05) is 46.0 Å². The van der Waals surface area contributed by atoms with E-state index in [2.05, 4.69) is 5.32 Å². The second kappa shape index (κ2) is 14.0. The Labute approximate surface area is 281 Å². The molecule has 230 valence electrons. The molecule has 1 aliphatic carbocycles. The van der Waals surface area contributed by atoms with Gasteiger partial charge in [0.2, 0.25) is 5.36 Å². The van der Waals surface area contributed by atoms with Gasteiger partial charge >= 0.3 is 29.6 Å². The molecule has 5 rings (SSSR count). The van der Waals surface area contributed by atoms with Crippen LogP contribution in [0.15, 0.2) is 93.1 Å². The third kappa shape index (κ3) is 7.41. The van der Waals surface area contributed by atoms with E-state index in [1.54, 1.807) is 53.1 Å². The topological polar surface area (TPSA) is 187 Å². The minimum absolute atomic E-state index is 0. The van der Waals surface area contributed by atoms with Crippen molar-refractivity contribution in [3.63, 3.8) is 0 Å². The Morgan fingerprint density at radius 1 is 0.800 bits per heavy atom. The Balaban J connectivity index is 0.00000461. The van der Waals surface area contributed by atoms with Crippen molar-refractivity contribution in [2.24, 2.45) is 0 Å². The number of hydrogen-bond donors (Lipinski definition) is 5. The molecule has 0 radical (unpaired) electrons. The van der Waals surface area contributed by atoms with Gasteiger partial charge in [-0.15, -0.1) is 0 Å². The quantitative estimate of drug-likeness (QED) is 0.0595. The van der Waals surface area contributed by atoms with E-state index in [4.69, 9.17) is 9.15 Å². The Morgan fingerprint density at radius 3 is 2.13 bits per heavy atom. The molecule has 1 aliphatic heterocycles. The minimum atomic E-state index is -4.63. The summed E-state index contributed by atoms with van der Waals surface area (Å²) in [6.45, 7) is 0.154. The number of nitrogens with zero attached hydrogens (tertiary/aromatic N) is 1. The first-order valence-corrected chi connectivity index (χ1v) is 16.1. The molecule has 0 amide bonds. The predicted octanol–water partition coefficient (Wildman–Crippen LogP) is 0.211. The average molecular weight is 665 g/mol. The summed E-state index contributed by atoms with van der Waals surface area (Å²) in [5.74, 6) is 0.663. The molecule has 45 heavy (non-hydrogen) atoms. The molecule has 3 aromatic rings. The van der Waals surface area contributed by atoms with Gasteiger partial charge in [0.25, 0.3) is 20.2 Å². The van der Waals surface area contributed by atoms with Gasteiger partial charge in [-0.1, -0.05) is 18.2 Å². The molecule has 1 heterocycles. The van der Waals surface area contributed by atoms with Crippen LogP contribution in [0.5, 0.6) is 5.75 Å². The number of ether oxygens (including phenoxy) is 1. The first kappa shape index (κ1) is 34.6. The maximum Gasteiger partial charge on any atom is 1.00 e. The normalized spacial score (nSPS) is 11.8. The Kier molecular flexibility index (Phi) is 10.7. The van der Waals surface area contributed by atoms with Crippen molar-refractivity contribution in [1.29, 1.82) is 0 Å². The zero-order valence-electron chi connectivity index (χ0n) is 24.3. The molecule has 0 aromatic heterocycles. The zero-order chi connectivity index (χ0) is 31.6. The average Bonchev–Trinajstić information content (AvgIpc) is 2.98. The summed E-state index contributed by atoms with van der Waals surface area (Å²) in [6, 6.07) is 20.0. The summed E-state index contributed by atoms with van der Waals surface area (Å²) in [4.78, 5) is -0.689. The van der Waals surface area contributed by atoms with E-state index in [0.29, 0.717) is 39.1 Å². The van der Waals surface area contributed by atoms with Crippen molar-refractivity contribution in [3.05, 3.63) is 84.2 Å². The molecule has 12 nitrogen and oxygen atoms in total. The molecule has 15 heteroatoms. The van der Waals surface area contributed by atoms with Crippen LogP contribution in [0, 0.1) is 0 Å². The van der Waals surface area contributed by atoms with Gasteiger partial charge in [-0.2, -0.15) is 16.8 Å². The van der Waals surface area contributed by atoms with Crippen molar-refractivity contribution < 1.29 is 74.9 Å². The fourth-order valence-corrected chi connectivity index (χ4v) is 6.39. The van der Waals surface area contributed by atoms with E-state index in [-0.39, 0.29) is 82.5 Å². The first-order valence-electron chi connectivity index (χ1n) is 13.2. The van der Waals surface area contributed by atoms with Crippen LogP contribution in [0.2, 0.25) is 0 Å². The van der Waals surface area contributed by atoms with Crippen LogP contribution in [-0.4, -0.2) is 69.6 Å². The molecule has 5 N–H and O–H groups in total. The molecule has 3 aromatic carbocycles. The van der Waals surface area contributed by atoms with Crippen molar-refractivity contribution in [2.75, 3.05) is 38.7 Å². The Morgan fingerprint density at radius 2 is 1.49 bits per heavy atom. The molecule has 0 bridgehead atoms. The van der Waals surface area contributed by atoms with Crippen molar-refractivity contribution in [2.45, 2.75) is 9.79 Å². The first-order chi connectivity index (χ1) is 20.9. The van der Waals surface area contributed by atoms with Crippen LogP contribution in [0.25, 0.3) is 33.4 Å². The van der Waals surface area contributed by atoms with E-state index >= 15 is 0 Å². The van der Waals surface area contributed by atoms with E-state index in [0.717, 1.165) is 0 Å².